The van der Waals surface area contributed by atoms with Crippen LogP contribution in [0.15, 0.2) is 42.5 Å². The molecule has 6 nitrogen and oxygen atoms in total. The van der Waals surface area contributed by atoms with Gasteiger partial charge in [0, 0.05) is 49.4 Å². The maximum atomic E-state index is 12.5. The Morgan fingerprint density at radius 3 is 2.29 bits per heavy atom. The number of amides is 1. The molecule has 3 rings (SSSR count). The number of nitrogens with zero attached hydrogens (tertiary/aromatic N) is 2. The van der Waals surface area contributed by atoms with Crippen LogP contribution in [0.4, 0.5) is 0 Å². The molecule has 0 aliphatic carbocycles. The van der Waals surface area contributed by atoms with Crippen LogP contribution in [-0.2, 0) is 0 Å². The number of ether oxygens (including phenoxy) is 3. The number of hydrogen-bond acceptors (Lipinski definition) is 5. The Balaban J connectivity index is 1.43. The molecule has 0 atom stereocenters. The third kappa shape index (κ3) is 5.09. The van der Waals surface area contributed by atoms with E-state index >= 15 is 0 Å². The largest absolute Gasteiger partial charge is 0.493 e. The minimum Gasteiger partial charge on any atom is -0.493 e. The summed E-state index contributed by atoms with van der Waals surface area (Å²) in [5.41, 5.74) is 0.676. The van der Waals surface area contributed by atoms with E-state index in [1.807, 2.05) is 23.1 Å². The monoisotopic (exact) mass is 404 g/mol. The van der Waals surface area contributed by atoms with E-state index in [1.54, 1.807) is 38.5 Å². The van der Waals surface area contributed by atoms with Gasteiger partial charge in [-0.1, -0.05) is 11.6 Å². The number of methoxy groups -OCH3 is 2. The zero-order valence-corrected chi connectivity index (χ0v) is 16.9. The maximum absolute atomic E-state index is 12.5. The summed E-state index contributed by atoms with van der Waals surface area (Å²) in [6.45, 7) is 4.44. The molecular formula is C21H25ClN2O4. The van der Waals surface area contributed by atoms with Crippen LogP contribution in [0.2, 0.25) is 5.02 Å². The smallest absolute Gasteiger partial charge is 0.253 e. The highest BCUT2D eigenvalue weighted by molar-refractivity contribution is 6.30. The Morgan fingerprint density at radius 2 is 1.64 bits per heavy atom. The van der Waals surface area contributed by atoms with Crippen LogP contribution >= 0.6 is 11.6 Å². The van der Waals surface area contributed by atoms with Crippen molar-refractivity contribution in [2.75, 3.05) is 53.6 Å². The van der Waals surface area contributed by atoms with Crippen molar-refractivity contribution in [2.24, 2.45) is 0 Å². The van der Waals surface area contributed by atoms with Crippen molar-refractivity contribution in [2.45, 2.75) is 0 Å². The Bertz CT molecular complexity index is 789. The molecule has 1 fully saturated rings. The first-order valence-corrected chi connectivity index (χ1v) is 9.60. The van der Waals surface area contributed by atoms with E-state index in [2.05, 4.69) is 4.90 Å². The van der Waals surface area contributed by atoms with Crippen LogP contribution in [0.1, 0.15) is 10.4 Å². The lowest BCUT2D eigenvalue weighted by Crippen LogP contribution is -2.49. The zero-order chi connectivity index (χ0) is 19.9. The number of halogens is 1. The van der Waals surface area contributed by atoms with Gasteiger partial charge in [-0.3, -0.25) is 9.69 Å². The molecule has 2 aromatic rings. The average Bonchev–Trinajstić information content (AvgIpc) is 2.74. The predicted molar refractivity (Wildman–Crippen MR) is 109 cm³/mol. The summed E-state index contributed by atoms with van der Waals surface area (Å²) in [4.78, 5) is 16.7. The van der Waals surface area contributed by atoms with Crippen molar-refractivity contribution in [1.29, 1.82) is 0 Å². The molecule has 1 aliphatic rings. The van der Waals surface area contributed by atoms with Crippen LogP contribution in [0, 0.1) is 0 Å². The van der Waals surface area contributed by atoms with Gasteiger partial charge in [-0.05, 0) is 36.4 Å². The van der Waals surface area contributed by atoms with Crippen LogP contribution in [0.25, 0.3) is 0 Å². The molecule has 0 saturated carbocycles. The molecule has 0 radical (unpaired) electrons. The number of benzene rings is 2. The van der Waals surface area contributed by atoms with Crippen molar-refractivity contribution in [1.82, 2.24) is 9.80 Å². The lowest BCUT2D eigenvalue weighted by molar-refractivity contribution is 0.0620. The Kier molecular flexibility index (Phi) is 7.01. The van der Waals surface area contributed by atoms with Crippen molar-refractivity contribution in [3.05, 3.63) is 53.1 Å². The van der Waals surface area contributed by atoms with Crippen molar-refractivity contribution in [3.63, 3.8) is 0 Å². The first kappa shape index (κ1) is 20.3. The lowest BCUT2D eigenvalue weighted by Gasteiger charge is -2.34. The molecule has 2 aromatic carbocycles. The fourth-order valence-corrected chi connectivity index (χ4v) is 3.27. The Labute approximate surface area is 170 Å². The van der Waals surface area contributed by atoms with Crippen molar-refractivity contribution < 1.29 is 19.0 Å². The average molecular weight is 405 g/mol. The number of rotatable bonds is 7. The third-order valence-electron chi connectivity index (χ3n) is 4.78. The molecule has 1 saturated heterocycles. The van der Waals surface area contributed by atoms with Gasteiger partial charge in [-0.2, -0.15) is 0 Å². The predicted octanol–water partition coefficient (Wildman–Crippen LogP) is 3.19. The molecule has 28 heavy (non-hydrogen) atoms. The van der Waals surface area contributed by atoms with E-state index in [0.717, 1.165) is 25.4 Å². The molecule has 0 spiro atoms. The minimum absolute atomic E-state index is 0.0536. The molecule has 150 valence electrons. The number of carbonyl (C=O) groups excluding carboxylic acids is 1. The first-order chi connectivity index (χ1) is 13.6. The highest BCUT2D eigenvalue weighted by Crippen LogP contribution is 2.30. The molecule has 1 heterocycles. The second-order valence-electron chi connectivity index (χ2n) is 6.51. The second-order valence-corrected chi connectivity index (χ2v) is 6.94. The fourth-order valence-electron chi connectivity index (χ4n) is 3.15. The summed E-state index contributed by atoms with van der Waals surface area (Å²) in [6.07, 6.45) is 0. The fraction of sp³-hybridized carbons (Fsp3) is 0.381. The normalized spacial score (nSPS) is 14.6. The van der Waals surface area contributed by atoms with Gasteiger partial charge in [0.2, 0.25) is 0 Å². The van der Waals surface area contributed by atoms with E-state index < -0.39 is 0 Å². The van der Waals surface area contributed by atoms with E-state index in [1.165, 1.54) is 0 Å². The summed E-state index contributed by atoms with van der Waals surface area (Å²) in [6, 6.07) is 12.6. The van der Waals surface area contributed by atoms with E-state index in [4.69, 9.17) is 25.8 Å². The van der Waals surface area contributed by atoms with Crippen LogP contribution in [0.5, 0.6) is 17.2 Å². The number of hydrogen-bond donors (Lipinski definition) is 0. The van der Waals surface area contributed by atoms with Gasteiger partial charge >= 0.3 is 0 Å². The van der Waals surface area contributed by atoms with Crippen molar-refractivity contribution >= 4 is 17.5 Å². The van der Waals surface area contributed by atoms with Gasteiger partial charge < -0.3 is 19.1 Å². The maximum Gasteiger partial charge on any atom is 0.253 e. The van der Waals surface area contributed by atoms with Gasteiger partial charge in [-0.15, -0.1) is 0 Å². The molecule has 0 unspecified atom stereocenters. The molecule has 0 aromatic heterocycles. The zero-order valence-electron chi connectivity index (χ0n) is 16.2. The quantitative estimate of drug-likeness (QED) is 0.709. The van der Waals surface area contributed by atoms with Gasteiger partial charge in [0.1, 0.15) is 12.4 Å². The van der Waals surface area contributed by atoms with Crippen molar-refractivity contribution in [3.8, 4) is 17.2 Å². The van der Waals surface area contributed by atoms with E-state index in [9.17, 15) is 4.79 Å². The molecule has 1 amide bonds. The molecular weight excluding hydrogens is 380 g/mol. The second kappa shape index (κ2) is 9.66. The first-order valence-electron chi connectivity index (χ1n) is 9.22. The van der Waals surface area contributed by atoms with E-state index in [0.29, 0.717) is 41.8 Å². The SMILES string of the molecule is COc1ccc(OCCN2CCN(C(=O)c3ccc(Cl)cc3)CC2)cc1OC. The standard InChI is InChI=1S/C21H25ClN2O4/c1-26-19-8-7-18(15-20(19)27-2)28-14-13-23-9-11-24(12-10-23)21(25)16-3-5-17(22)6-4-16/h3-8,15H,9-14H2,1-2H3. The summed E-state index contributed by atoms with van der Waals surface area (Å²) in [5, 5.41) is 0.635. The van der Waals surface area contributed by atoms with Gasteiger partial charge in [0.15, 0.2) is 11.5 Å². The molecule has 7 heteroatoms. The van der Waals surface area contributed by atoms with Gasteiger partial charge in [-0.25, -0.2) is 0 Å². The number of piperazine rings is 1. The highest BCUT2D eigenvalue weighted by Gasteiger charge is 2.22. The van der Waals surface area contributed by atoms with Crippen LogP contribution < -0.4 is 14.2 Å². The minimum atomic E-state index is 0.0536. The Hall–Kier alpha value is -2.44. The lowest BCUT2D eigenvalue weighted by atomic mass is 10.2. The molecule has 1 aliphatic heterocycles. The van der Waals surface area contributed by atoms with Gasteiger partial charge in [0.05, 0.1) is 14.2 Å². The summed E-state index contributed by atoms with van der Waals surface area (Å²) in [5.74, 6) is 2.12. The van der Waals surface area contributed by atoms with Crippen LogP contribution in [-0.4, -0.2) is 69.3 Å². The topological polar surface area (TPSA) is 51.2 Å². The number of carbonyl (C=O) groups is 1. The molecule has 0 N–H and O–H groups in total. The Morgan fingerprint density at radius 1 is 0.964 bits per heavy atom. The summed E-state index contributed by atoms with van der Waals surface area (Å²) >= 11 is 5.89. The van der Waals surface area contributed by atoms with E-state index in [-0.39, 0.29) is 5.91 Å². The summed E-state index contributed by atoms with van der Waals surface area (Å²) < 4.78 is 16.4. The van der Waals surface area contributed by atoms with Crippen LogP contribution in [0.3, 0.4) is 0 Å². The molecule has 0 bridgehead atoms. The third-order valence-corrected chi connectivity index (χ3v) is 5.03. The highest BCUT2D eigenvalue weighted by atomic mass is 35.5. The van der Waals surface area contributed by atoms with Gasteiger partial charge in [0.25, 0.3) is 5.91 Å². The summed E-state index contributed by atoms with van der Waals surface area (Å²) in [7, 11) is 3.21.